The van der Waals surface area contributed by atoms with Crippen molar-refractivity contribution in [3.05, 3.63) is 83.4 Å². The molecule has 0 bridgehead atoms. The zero-order valence-electron chi connectivity index (χ0n) is 23.8. The summed E-state index contributed by atoms with van der Waals surface area (Å²) in [5.74, 6) is 0.648. The average molecular weight is 582 g/mol. The molecule has 41 heavy (non-hydrogen) atoms. The van der Waals surface area contributed by atoms with Crippen LogP contribution in [0.3, 0.4) is 0 Å². The van der Waals surface area contributed by atoms with Crippen LogP contribution in [0.15, 0.2) is 72.0 Å². The normalized spacial score (nSPS) is 15.2. The number of hydrogen-bond acceptors (Lipinski definition) is 8. The number of hydrogen-bond donors (Lipinski definition) is 1. The molecular formula is C31H37ClFN5O3. The fourth-order valence-corrected chi connectivity index (χ4v) is 4.64. The van der Waals surface area contributed by atoms with E-state index in [-0.39, 0.29) is 12.2 Å². The molecule has 1 aliphatic heterocycles. The number of nitrogens with one attached hydrogen (secondary N) is 1. The van der Waals surface area contributed by atoms with Gasteiger partial charge in [-0.2, -0.15) is 0 Å². The number of aromatic nitrogens is 1. The van der Waals surface area contributed by atoms with Crippen LogP contribution in [0, 0.1) is 5.82 Å². The van der Waals surface area contributed by atoms with Crippen LogP contribution >= 0.6 is 11.6 Å². The predicted octanol–water partition coefficient (Wildman–Crippen LogP) is 5.35. The first-order chi connectivity index (χ1) is 19.9. The second-order valence-corrected chi connectivity index (χ2v) is 10.2. The van der Waals surface area contributed by atoms with Gasteiger partial charge >= 0.3 is 0 Å². The van der Waals surface area contributed by atoms with E-state index in [1.807, 2.05) is 24.3 Å². The van der Waals surface area contributed by atoms with Gasteiger partial charge in [0.1, 0.15) is 30.5 Å². The van der Waals surface area contributed by atoms with Gasteiger partial charge < -0.3 is 24.4 Å². The summed E-state index contributed by atoms with van der Waals surface area (Å²) in [6, 6.07) is 12.0. The number of allylic oxidation sites excluding steroid dienone is 2. The summed E-state index contributed by atoms with van der Waals surface area (Å²) in [5.41, 5.74) is 2.70. The predicted molar refractivity (Wildman–Crippen MR) is 165 cm³/mol. The van der Waals surface area contributed by atoms with E-state index in [1.54, 1.807) is 26.4 Å². The molecule has 0 radical (unpaired) electrons. The molecule has 1 saturated heterocycles. The van der Waals surface area contributed by atoms with Crippen molar-refractivity contribution in [2.24, 2.45) is 4.99 Å². The van der Waals surface area contributed by atoms with Crippen molar-refractivity contribution in [3.63, 3.8) is 0 Å². The molecule has 4 rings (SSSR count). The van der Waals surface area contributed by atoms with Gasteiger partial charge in [-0.15, -0.1) is 0 Å². The number of ether oxygens (including phenoxy) is 3. The van der Waals surface area contributed by atoms with Gasteiger partial charge in [0.25, 0.3) is 0 Å². The van der Waals surface area contributed by atoms with Crippen LogP contribution in [0.4, 0.5) is 10.1 Å². The Hall–Kier alpha value is -3.50. The smallest absolute Gasteiger partial charge is 0.232 e. The monoisotopic (exact) mass is 581 g/mol. The first-order valence-corrected chi connectivity index (χ1v) is 13.9. The van der Waals surface area contributed by atoms with Gasteiger partial charge in [0.05, 0.1) is 12.1 Å². The van der Waals surface area contributed by atoms with E-state index >= 15 is 0 Å². The van der Waals surface area contributed by atoms with Crippen molar-refractivity contribution in [1.29, 1.82) is 0 Å². The minimum absolute atomic E-state index is 0.280. The summed E-state index contributed by atoms with van der Waals surface area (Å²) in [5, 5.41) is 4.68. The number of pyridine rings is 1. The molecule has 3 aromatic rings. The Kier molecular flexibility index (Phi) is 11.1. The zero-order valence-corrected chi connectivity index (χ0v) is 24.6. The maximum Gasteiger partial charge on any atom is 0.232 e. The third kappa shape index (κ3) is 8.50. The standard InChI is InChI=1S/C31H37ClFN5O3/c1-22(26-20-23(32)5-8-27(26)33)19-30(31(34-2)41-18-17-39-4)36-28-9-10-35-29-21-24(6-7-25(28)29)40-16-15-38-13-11-37(3)12-14-38/h5-10,19-21H,1,11-18H2,2-4H3,(H,35,36)/b30-19+,34-31?. The highest BCUT2D eigenvalue weighted by Gasteiger charge is 2.16. The molecule has 2 aromatic carbocycles. The van der Waals surface area contributed by atoms with Crippen LogP contribution in [0.5, 0.6) is 5.75 Å². The third-order valence-corrected chi connectivity index (χ3v) is 7.04. The Balaban J connectivity index is 1.55. The summed E-state index contributed by atoms with van der Waals surface area (Å²) in [6.07, 6.45) is 3.41. The van der Waals surface area contributed by atoms with Gasteiger partial charge in [0, 0.05) is 80.8 Å². The number of halogens is 2. The van der Waals surface area contributed by atoms with Crippen LogP contribution in [0.2, 0.25) is 5.02 Å². The van der Waals surface area contributed by atoms with Crippen molar-refractivity contribution in [2.45, 2.75) is 0 Å². The van der Waals surface area contributed by atoms with Crippen LogP contribution in [0.25, 0.3) is 16.5 Å². The van der Waals surface area contributed by atoms with Crippen molar-refractivity contribution in [2.75, 3.05) is 79.1 Å². The number of methoxy groups -OCH3 is 1. The summed E-state index contributed by atoms with van der Waals surface area (Å²) >= 11 is 6.13. The quantitative estimate of drug-likeness (QED) is 0.134. The number of benzene rings is 2. The Morgan fingerprint density at radius 2 is 1.93 bits per heavy atom. The molecule has 1 aliphatic rings. The van der Waals surface area contributed by atoms with E-state index in [0.717, 1.165) is 55.1 Å². The maximum atomic E-state index is 14.6. The Bertz CT molecular complexity index is 1410. The van der Waals surface area contributed by atoms with Gasteiger partial charge in [0.15, 0.2) is 0 Å². The lowest BCUT2D eigenvalue weighted by molar-refractivity contribution is 0.134. The molecule has 0 amide bonds. The van der Waals surface area contributed by atoms with E-state index in [0.29, 0.717) is 35.4 Å². The molecule has 8 nitrogen and oxygen atoms in total. The lowest BCUT2D eigenvalue weighted by Gasteiger charge is -2.32. The minimum atomic E-state index is -0.431. The van der Waals surface area contributed by atoms with E-state index in [1.165, 1.54) is 18.2 Å². The Morgan fingerprint density at radius 3 is 2.68 bits per heavy atom. The van der Waals surface area contributed by atoms with E-state index in [2.05, 4.69) is 38.7 Å². The minimum Gasteiger partial charge on any atom is -0.492 e. The van der Waals surface area contributed by atoms with E-state index in [9.17, 15) is 4.39 Å². The lowest BCUT2D eigenvalue weighted by Crippen LogP contribution is -2.45. The van der Waals surface area contributed by atoms with Crippen LogP contribution in [-0.4, -0.2) is 94.4 Å². The number of nitrogens with zero attached hydrogens (tertiary/aromatic N) is 4. The summed E-state index contributed by atoms with van der Waals surface area (Å²) in [6.45, 7) is 10.5. The van der Waals surface area contributed by atoms with Gasteiger partial charge in [-0.05, 0) is 55.1 Å². The number of fused-ring (bicyclic) bond motifs is 1. The molecule has 0 unspecified atom stereocenters. The van der Waals surface area contributed by atoms with Crippen molar-refractivity contribution in [3.8, 4) is 5.75 Å². The molecule has 2 heterocycles. The van der Waals surface area contributed by atoms with Crippen LogP contribution in [-0.2, 0) is 9.47 Å². The summed E-state index contributed by atoms with van der Waals surface area (Å²) in [4.78, 5) is 13.6. The number of piperazine rings is 1. The Labute approximate surface area is 246 Å². The highest BCUT2D eigenvalue weighted by atomic mass is 35.5. The van der Waals surface area contributed by atoms with Crippen LogP contribution < -0.4 is 10.1 Å². The van der Waals surface area contributed by atoms with E-state index < -0.39 is 5.82 Å². The molecule has 0 spiro atoms. The molecule has 0 saturated carbocycles. The second-order valence-electron chi connectivity index (χ2n) is 9.73. The summed E-state index contributed by atoms with van der Waals surface area (Å²) < 4.78 is 31.7. The zero-order chi connectivity index (χ0) is 29.2. The fourth-order valence-electron chi connectivity index (χ4n) is 4.47. The highest BCUT2D eigenvalue weighted by Crippen LogP contribution is 2.28. The molecule has 218 valence electrons. The number of anilines is 1. The SMILES string of the molecule is C=C(/C=C(/Nc1ccnc2cc(OCCN3CCN(C)CC3)ccc12)C(=NC)OCCOC)c1cc(Cl)ccc1F. The van der Waals surface area contributed by atoms with Crippen LogP contribution in [0.1, 0.15) is 5.56 Å². The largest absolute Gasteiger partial charge is 0.492 e. The molecule has 0 atom stereocenters. The van der Waals surface area contributed by atoms with Crippen molar-refractivity contribution >= 4 is 39.7 Å². The molecule has 1 fully saturated rings. The van der Waals surface area contributed by atoms with Crippen molar-refractivity contribution < 1.29 is 18.6 Å². The molecule has 10 heteroatoms. The third-order valence-electron chi connectivity index (χ3n) is 6.81. The average Bonchev–Trinajstić information content (AvgIpc) is 2.97. The number of rotatable bonds is 12. The molecule has 0 aliphatic carbocycles. The van der Waals surface area contributed by atoms with Crippen molar-refractivity contribution in [1.82, 2.24) is 14.8 Å². The van der Waals surface area contributed by atoms with Gasteiger partial charge in [-0.3, -0.25) is 14.9 Å². The first-order valence-electron chi connectivity index (χ1n) is 13.5. The topological polar surface area (TPSA) is 71.5 Å². The molecule has 1 N–H and O–H groups in total. The Morgan fingerprint density at radius 1 is 1.12 bits per heavy atom. The fraction of sp³-hybridized carbons (Fsp3) is 0.355. The van der Waals surface area contributed by atoms with E-state index in [4.69, 9.17) is 25.8 Å². The van der Waals surface area contributed by atoms with Gasteiger partial charge in [-0.25, -0.2) is 4.39 Å². The maximum absolute atomic E-state index is 14.6. The molecule has 1 aromatic heterocycles. The first kappa shape index (κ1) is 30.5. The summed E-state index contributed by atoms with van der Waals surface area (Å²) in [7, 11) is 5.37. The number of aliphatic imine (C=N–C) groups is 1. The molecular weight excluding hydrogens is 545 g/mol. The number of likely N-dealkylation sites (N-methyl/N-ethyl adjacent to an activating group) is 1. The second kappa shape index (κ2) is 14.9. The lowest BCUT2D eigenvalue weighted by atomic mass is 10.1. The highest BCUT2D eigenvalue weighted by molar-refractivity contribution is 6.30. The van der Waals surface area contributed by atoms with Gasteiger partial charge in [-0.1, -0.05) is 18.2 Å². The van der Waals surface area contributed by atoms with Gasteiger partial charge in [0.2, 0.25) is 5.90 Å².